The molecule has 4 nitrogen and oxygen atoms in total. The first-order valence-electron chi connectivity index (χ1n) is 6.56. The molecular weight excluding hydrogens is 304 g/mol. The van der Waals surface area contributed by atoms with Crippen molar-refractivity contribution in [3.05, 3.63) is 33.0 Å². The molecule has 0 aliphatic heterocycles. The number of aliphatic hydroxyl groups is 1. The molecule has 2 aromatic heterocycles. The molecule has 6 heteroatoms. The van der Waals surface area contributed by atoms with Crippen molar-refractivity contribution >= 4 is 33.7 Å². The van der Waals surface area contributed by atoms with Gasteiger partial charge in [-0.05, 0) is 18.1 Å². The van der Waals surface area contributed by atoms with Crippen LogP contribution < -0.4 is 5.32 Å². The Morgan fingerprint density at radius 1 is 1.48 bits per heavy atom. The smallest absolute Gasteiger partial charge is 0.267 e. The second kappa shape index (κ2) is 7.36. The maximum Gasteiger partial charge on any atom is 0.267 e. The number of anilines is 1. The van der Waals surface area contributed by atoms with E-state index >= 15 is 0 Å². The SMILES string of the molecule is CC(C)c1csc(NC(=O)c2ccc(C#CCCO)s2)n1. The molecule has 2 heterocycles. The largest absolute Gasteiger partial charge is 0.395 e. The molecule has 2 N–H and O–H groups in total. The van der Waals surface area contributed by atoms with Crippen molar-refractivity contribution in [2.45, 2.75) is 26.2 Å². The van der Waals surface area contributed by atoms with Gasteiger partial charge in [0.15, 0.2) is 5.13 Å². The van der Waals surface area contributed by atoms with E-state index in [2.05, 4.69) is 36.0 Å². The van der Waals surface area contributed by atoms with E-state index < -0.39 is 0 Å². The van der Waals surface area contributed by atoms with Crippen molar-refractivity contribution < 1.29 is 9.90 Å². The van der Waals surface area contributed by atoms with Gasteiger partial charge in [-0.1, -0.05) is 25.7 Å². The third kappa shape index (κ3) is 4.39. The molecule has 0 aliphatic rings. The van der Waals surface area contributed by atoms with E-state index in [0.29, 0.717) is 22.3 Å². The Kier molecular flexibility index (Phi) is 5.51. The molecule has 0 unspecified atom stereocenters. The van der Waals surface area contributed by atoms with Crippen LogP contribution in [0.15, 0.2) is 17.5 Å². The van der Waals surface area contributed by atoms with Crippen molar-refractivity contribution in [3.8, 4) is 11.8 Å². The minimum absolute atomic E-state index is 0.0496. The average Bonchev–Trinajstić information content (AvgIpc) is 3.08. The van der Waals surface area contributed by atoms with Gasteiger partial charge in [0.05, 0.1) is 22.1 Å². The first-order valence-corrected chi connectivity index (χ1v) is 8.26. The fourth-order valence-electron chi connectivity index (χ4n) is 1.50. The molecule has 0 aromatic carbocycles. The number of amides is 1. The molecule has 0 bridgehead atoms. The van der Waals surface area contributed by atoms with Crippen LogP contribution in [-0.2, 0) is 0 Å². The van der Waals surface area contributed by atoms with E-state index in [4.69, 9.17) is 5.11 Å². The number of thiazole rings is 1. The van der Waals surface area contributed by atoms with Gasteiger partial charge in [-0.25, -0.2) is 4.98 Å². The van der Waals surface area contributed by atoms with E-state index in [9.17, 15) is 4.79 Å². The monoisotopic (exact) mass is 320 g/mol. The molecule has 1 amide bonds. The number of aliphatic hydroxyl groups excluding tert-OH is 1. The number of nitrogens with one attached hydrogen (secondary N) is 1. The Bertz CT molecular complexity index is 677. The molecule has 0 fully saturated rings. The summed E-state index contributed by atoms with van der Waals surface area (Å²) in [6.07, 6.45) is 0.441. The molecular formula is C15H16N2O2S2. The summed E-state index contributed by atoms with van der Waals surface area (Å²) in [4.78, 5) is 17.9. The highest BCUT2D eigenvalue weighted by molar-refractivity contribution is 7.15. The number of thiophene rings is 1. The lowest BCUT2D eigenvalue weighted by Crippen LogP contribution is -2.09. The second-order valence-corrected chi connectivity index (χ2v) is 6.57. The molecule has 0 atom stereocenters. The van der Waals surface area contributed by atoms with E-state index in [-0.39, 0.29) is 12.5 Å². The summed E-state index contributed by atoms with van der Waals surface area (Å²) >= 11 is 2.76. The van der Waals surface area contributed by atoms with Gasteiger partial charge in [0.1, 0.15) is 0 Å². The van der Waals surface area contributed by atoms with Gasteiger partial charge in [0, 0.05) is 11.8 Å². The van der Waals surface area contributed by atoms with Crippen molar-refractivity contribution in [3.63, 3.8) is 0 Å². The van der Waals surface area contributed by atoms with Crippen LogP contribution in [0.3, 0.4) is 0 Å². The maximum absolute atomic E-state index is 12.1. The fraction of sp³-hybridized carbons (Fsp3) is 0.333. The Morgan fingerprint density at radius 2 is 2.29 bits per heavy atom. The zero-order valence-corrected chi connectivity index (χ0v) is 13.5. The molecule has 21 heavy (non-hydrogen) atoms. The van der Waals surface area contributed by atoms with Crippen molar-refractivity contribution in [1.29, 1.82) is 0 Å². The van der Waals surface area contributed by atoms with Gasteiger partial charge in [0.2, 0.25) is 0 Å². The molecule has 0 radical (unpaired) electrons. The number of rotatable bonds is 4. The number of aromatic nitrogens is 1. The van der Waals surface area contributed by atoms with Crippen LogP contribution in [-0.4, -0.2) is 22.6 Å². The normalized spacial score (nSPS) is 10.3. The summed E-state index contributed by atoms with van der Waals surface area (Å²) in [5, 5.41) is 14.1. The summed E-state index contributed by atoms with van der Waals surface area (Å²) in [5.41, 5.74) is 0.983. The number of carbonyl (C=O) groups excluding carboxylic acids is 1. The number of hydrogen-bond acceptors (Lipinski definition) is 5. The highest BCUT2D eigenvalue weighted by Crippen LogP contribution is 2.23. The van der Waals surface area contributed by atoms with Gasteiger partial charge >= 0.3 is 0 Å². The topological polar surface area (TPSA) is 62.2 Å². The predicted octanol–water partition coefficient (Wildman–Crippen LogP) is 3.31. The highest BCUT2D eigenvalue weighted by Gasteiger charge is 2.12. The molecule has 0 saturated heterocycles. The van der Waals surface area contributed by atoms with E-state index in [1.807, 2.05) is 11.4 Å². The summed E-state index contributed by atoms with van der Waals surface area (Å²) < 4.78 is 0. The molecule has 0 saturated carbocycles. The molecule has 0 spiro atoms. The van der Waals surface area contributed by atoms with Gasteiger partial charge in [0.25, 0.3) is 5.91 Å². The van der Waals surface area contributed by atoms with Crippen molar-refractivity contribution in [2.24, 2.45) is 0 Å². The van der Waals surface area contributed by atoms with Gasteiger partial charge in [-0.3, -0.25) is 10.1 Å². The van der Waals surface area contributed by atoms with E-state index in [0.717, 1.165) is 10.6 Å². The average molecular weight is 320 g/mol. The lowest BCUT2D eigenvalue weighted by molar-refractivity contribution is 0.103. The van der Waals surface area contributed by atoms with Crippen molar-refractivity contribution in [1.82, 2.24) is 4.98 Å². The maximum atomic E-state index is 12.1. The minimum Gasteiger partial charge on any atom is -0.395 e. The van der Waals surface area contributed by atoms with Gasteiger partial charge in [-0.2, -0.15) is 0 Å². The molecule has 110 valence electrons. The van der Waals surface area contributed by atoms with Crippen LogP contribution in [0.25, 0.3) is 0 Å². The lowest BCUT2D eigenvalue weighted by atomic mass is 10.2. The number of nitrogens with zero attached hydrogens (tertiary/aromatic N) is 1. The number of hydrogen-bond donors (Lipinski definition) is 2. The van der Waals surface area contributed by atoms with Gasteiger partial charge < -0.3 is 5.11 Å². The third-order valence-corrected chi connectivity index (χ3v) is 4.39. The fourth-order valence-corrected chi connectivity index (χ4v) is 3.14. The Hall–Kier alpha value is -1.68. The predicted molar refractivity (Wildman–Crippen MR) is 87.1 cm³/mol. The quantitative estimate of drug-likeness (QED) is 0.850. The molecule has 2 rings (SSSR count). The van der Waals surface area contributed by atoms with Crippen molar-refractivity contribution in [2.75, 3.05) is 11.9 Å². The van der Waals surface area contributed by atoms with Crippen LogP contribution in [0.4, 0.5) is 5.13 Å². The van der Waals surface area contributed by atoms with Crippen LogP contribution in [0.2, 0.25) is 0 Å². The van der Waals surface area contributed by atoms with Crippen LogP contribution in [0.5, 0.6) is 0 Å². The zero-order chi connectivity index (χ0) is 15.2. The highest BCUT2D eigenvalue weighted by atomic mass is 32.1. The zero-order valence-electron chi connectivity index (χ0n) is 11.8. The summed E-state index contributed by atoms with van der Waals surface area (Å²) in [5.74, 6) is 5.94. The Labute approximate surface area is 131 Å². The summed E-state index contributed by atoms with van der Waals surface area (Å²) in [6.45, 7) is 4.18. The summed E-state index contributed by atoms with van der Waals surface area (Å²) in [7, 11) is 0. The van der Waals surface area contributed by atoms with Gasteiger partial charge in [-0.15, -0.1) is 22.7 Å². The first kappa shape index (κ1) is 15.7. The Balaban J connectivity index is 2.01. The summed E-state index contributed by atoms with van der Waals surface area (Å²) in [6, 6.07) is 3.56. The Morgan fingerprint density at radius 3 is 2.95 bits per heavy atom. The van der Waals surface area contributed by atoms with Crippen LogP contribution >= 0.6 is 22.7 Å². The van der Waals surface area contributed by atoms with Crippen LogP contribution in [0, 0.1) is 11.8 Å². The molecule has 2 aromatic rings. The van der Waals surface area contributed by atoms with Crippen LogP contribution in [0.1, 0.15) is 46.4 Å². The lowest BCUT2D eigenvalue weighted by Gasteiger charge is -1.99. The third-order valence-electron chi connectivity index (χ3n) is 2.61. The standard InChI is InChI=1S/C15H16N2O2S2/c1-10(2)12-9-20-15(16-12)17-14(19)13-7-6-11(21-13)5-3-4-8-18/h6-7,9-10,18H,4,8H2,1-2H3,(H,16,17,19). The second-order valence-electron chi connectivity index (χ2n) is 4.63. The van der Waals surface area contributed by atoms with E-state index in [1.165, 1.54) is 22.7 Å². The minimum atomic E-state index is -0.167. The van der Waals surface area contributed by atoms with E-state index in [1.54, 1.807) is 6.07 Å². The molecule has 0 aliphatic carbocycles. The first-order chi connectivity index (χ1) is 10.1. The number of carbonyl (C=O) groups is 1.